The largest absolute Gasteiger partial charge is 0.394 e. The van der Waals surface area contributed by atoms with Gasteiger partial charge in [-0.05, 0) is 25.5 Å². The highest BCUT2D eigenvalue weighted by atomic mass is 35.5. The fraction of sp³-hybridized carbons (Fsp3) is 0.357. The summed E-state index contributed by atoms with van der Waals surface area (Å²) in [7, 11) is 0. The molecule has 106 valence electrons. The van der Waals surface area contributed by atoms with Gasteiger partial charge in [-0.2, -0.15) is 0 Å². The van der Waals surface area contributed by atoms with E-state index in [2.05, 4.69) is 4.99 Å². The van der Waals surface area contributed by atoms with Crippen molar-refractivity contribution in [2.75, 3.05) is 18.1 Å². The number of aryl methyl sites for hydroxylation is 2. The van der Waals surface area contributed by atoms with Crippen molar-refractivity contribution in [3.8, 4) is 0 Å². The van der Waals surface area contributed by atoms with Crippen LogP contribution in [0.3, 0.4) is 0 Å². The van der Waals surface area contributed by atoms with Crippen LogP contribution in [0.1, 0.15) is 11.1 Å². The summed E-state index contributed by atoms with van der Waals surface area (Å²) in [5.41, 5.74) is 2.37. The number of hydrogen-bond acceptors (Lipinski definition) is 4. The monoisotopic (exact) mass is 294 g/mol. The zero-order valence-electron chi connectivity index (χ0n) is 11.3. The summed E-state index contributed by atoms with van der Waals surface area (Å²) in [6.07, 6.45) is 0. The Hall–Kier alpha value is -1.72. The third-order valence-corrected chi connectivity index (χ3v) is 3.47. The molecule has 1 saturated heterocycles. The summed E-state index contributed by atoms with van der Waals surface area (Å²) in [5.74, 6) is -1.02. The molecule has 1 heterocycles. The summed E-state index contributed by atoms with van der Waals surface area (Å²) in [6.45, 7) is 3.62. The van der Waals surface area contributed by atoms with Crippen LogP contribution in [-0.2, 0) is 9.59 Å². The van der Waals surface area contributed by atoms with Crippen LogP contribution in [0.5, 0.6) is 0 Å². The number of amides is 2. The molecule has 1 N–H and O–H groups in total. The molecule has 1 aromatic rings. The van der Waals surface area contributed by atoms with Crippen molar-refractivity contribution in [2.24, 2.45) is 4.99 Å². The molecule has 0 aromatic heterocycles. The van der Waals surface area contributed by atoms with E-state index in [1.165, 1.54) is 0 Å². The molecule has 1 atom stereocenters. The number of halogens is 1. The second-order valence-corrected chi connectivity index (χ2v) is 5.06. The molecule has 20 heavy (non-hydrogen) atoms. The van der Waals surface area contributed by atoms with Gasteiger partial charge in [0.05, 0.1) is 18.8 Å². The van der Waals surface area contributed by atoms with Crippen LogP contribution in [0.4, 0.5) is 5.69 Å². The lowest BCUT2D eigenvalue weighted by Crippen LogP contribution is -2.31. The predicted octanol–water partition coefficient (Wildman–Crippen LogP) is 1.22. The molecule has 0 spiro atoms. The minimum atomic E-state index is -1.09. The Morgan fingerprint density at radius 3 is 2.65 bits per heavy atom. The summed E-state index contributed by atoms with van der Waals surface area (Å²) in [4.78, 5) is 29.4. The summed E-state index contributed by atoms with van der Waals surface area (Å²) in [5, 5.41) is 7.67. The van der Waals surface area contributed by atoms with Gasteiger partial charge in [-0.1, -0.05) is 17.7 Å². The minimum absolute atomic E-state index is 0.00862. The maximum atomic E-state index is 12.3. The highest BCUT2D eigenvalue weighted by molar-refractivity contribution is 6.68. The van der Waals surface area contributed by atoms with Gasteiger partial charge >= 0.3 is 0 Å². The number of aliphatic hydroxyl groups excluding tert-OH is 1. The van der Waals surface area contributed by atoms with Gasteiger partial charge in [0.1, 0.15) is 5.71 Å². The van der Waals surface area contributed by atoms with Crippen molar-refractivity contribution in [3.05, 3.63) is 29.3 Å². The third kappa shape index (κ3) is 2.46. The summed E-state index contributed by atoms with van der Waals surface area (Å²) in [6, 6.07) is 5.44. The zero-order chi connectivity index (χ0) is 14.9. The van der Waals surface area contributed by atoms with E-state index in [1.807, 2.05) is 26.0 Å². The number of hydrogen-bond donors (Lipinski definition) is 1. The number of carbonyl (C=O) groups is 2. The number of imide groups is 1. The van der Waals surface area contributed by atoms with Gasteiger partial charge in [0.25, 0.3) is 11.8 Å². The molecule has 5 nitrogen and oxygen atoms in total. The maximum Gasteiger partial charge on any atom is 0.281 e. The van der Waals surface area contributed by atoms with Crippen LogP contribution in [0.25, 0.3) is 0 Å². The second kappa shape index (κ2) is 5.73. The van der Waals surface area contributed by atoms with E-state index in [-0.39, 0.29) is 18.9 Å². The molecule has 1 aromatic carbocycles. The number of rotatable bonds is 3. The maximum absolute atomic E-state index is 12.3. The second-order valence-electron chi connectivity index (χ2n) is 4.62. The molecule has 0 aliphatic carbocycles. The van der Waals surface area contributed by atoms with Gasteiger partial charge in [0.15, 0.2) is 5.38 Å². The highest BCUT2D eigenvalue weighted by Gasteiger charge is 2.44. The van der Waals surface area contributed by atoms with Gasteiger partial charge in [0, 0.05) is 0 Å². The molecule has 1 aliphatic heterocycles. The van der Waals surface area contributed by atoms with E-state index in [0.29, 0.717) is 5.69 Å². The van der Waals surface area contributed by atoms with Crippen LogP contribution in [0, 0.1) is 13.8 Å². The Bertz CT molecular complexity index is 598. The van der Waals surface area contributed by atoms with Crippen molar-refractivity contribution in [3.63, 3.8) is 0 Å². The minimum Gasteiger partial charge on any atom is -0.394 e. The first-order valence-electron chi connectivity index (χ1n) is 6.22. The van der Waals surface area contributed by atoms with Crippen molar-refractivity contribution in [1.29, 1.82) is 0 Å². The molecule has 1 aliphatic rings. The lowest BCUT2D eigenvalue weighted by Gasteiger charge is -2.16. The molecular formula is C14H15ClN2O3. The standard InChI is InChI=1S/C14H15ClN2O3/c1-8-3-4-10(9(2)7-8)17-13(19)11(15)12(14(17)20)16-5-6-18/h3-4,7,11,18H,5-6H2,1-2H3. The van der Waals surface area contributed by atoms with Crippen LogP contribution in [-0.4, -0.2) is 41.2 Å². The van der Waals surface area contributed by atoms with Crippen LogP contribution < -0.4 is 4.90 Å². The van der Waals surface area contributed by atoms with Crippen LogP contribution in [0.15, 0.2) is 23.2 Å². The Balaban J connectivity index is 2.42. The van der Waals surface area contributed by atoms with Gasteiger partial charge in [-0.25, -0.2) is 4.90 Å². The fourth-order valence-corrected chi connectivity index (χ4v) is 2.42. The number of alkyl halides is 1. The Labute approximate surface area is 121 Å². The first-order chi connectivity index (χ1) is 9.47. The van der Waals surface area contributed by atoms with E-state index in [4.69, 9.17) is 16.7 Å². The lowest BCUT2D eigenvalue weighted by atomic mass is 10.1. The predicted molar refractivity (Wildman–Crippen MR) is 77.4 cm³/mol. The number of nitrogens with zero attached hydrogens (tertiary/aromatic N) is 2. The molecule has 1 fully saturated rings. The average molecular weight is 295 g/mol. The van der Waals surface area contributed by atoms with Crippen molar-refractivity contribution in [2.45, 2.75) is 19.2 Å². The SMILES string of the molecule is Cc1ccc(N2C(=O)C(=NCCO)C(Cl)C2=O)c(C)c1. The smallest absolute Gasteiger partial charge is 0.281 e. The molecular weight excluding hydrogens is 280 g/mol. The van der Waals surface area contributed by atoms with Crippen molar-refractivity contribution in [1.82, 2.24) is 0 Å². The van der Waals surface area contributed by atoms with E-state index >= 15 is 0 Å². The quantitative estimate of drug-likeness (QED) is 0.673. The normalized spacial score (nSPS) is 21.1. The number of aliphatic hydroxyl groups is 1. The first kappa shape index (κ1) is 14.7. The number of carbonyl (C=O) groups excluding carboxylic acids is 2. The van der Waals surface area contributed by atoms with Crippen molar-refractivity contribution < 1.29 is 14.7 Å². The average Bonchev–Trinajstić information content (AvgIpc) is 2.60. The molecule has 1 unspecified atom stereocenters. The van der Waals surface area contributed by atoms with Gasteiger partial charge in [-0.3, -0.25) is 14.6 Å². The van der Waals surface area contributed by atoms with Crippen LogP contribution >= 0.6 is 11.6 Å². The highest BCUT2D eigenvalue weighted by Crippen LogP contribution is 2.28. The molecule has 6 heteroatoms. The van der Waals surface area contributed by atoms with Crippen LogP contribution in [0.2, 0.25) is 0 Å². The molecule has 0 radical (unpaired) electrons. The van der Waals surface area contributed by atoms with E-state index in [0.717, 1.165) is 16.0 Å². The topological polar surface area (TPSA) is 70.0 Å². The first-order valence-corrected chi connectivity index (χ1v) is 6.66. The van der Waals surface area contributed by atoms with E-state index in [1.54, 1.807) is 6.07 Å². The Morgan fingerprint density at radius 1 is 1.35 bits per heavy atom. The molecule has 2 rings (SSSR count). The Morgan fingerprint density at radius 2 is 2.05 bits per heavy atom. The van der Waals surface area contributed by atoms with Gasteiger partial charge < -0.3 is 5.11 Å². The number of anilines is 1. The molecule has 2 amide bonds. The van der Waals surface area contributed by atoms with E-state index < -0.39 is 17.2 Å². The Kier molecular flexibility index (Phi) is 4.20. The molecule has 0 saturated carbocycles. The summed E-state index contributed by atoms with van der Waals surface area (Å²) < 4.78 is 0. The molecule has 0 bridgehead atoms. The zero-order valence-corrected chi connectivity index (χ0v) is 12.0. The number of benzene rings is 1. The fourth-order valence-electron chi connectivity index (χ4n) is 2.16. The van der Waals surface area contributed by atoms with Gasteiger partial charge in [0.2, 0.25) is 0 Å². The number of aliphatic imine (C=N–C) groups is 1. The lowest BCUT2D eigenvalue weighted by molar-refractivity contribution is -0.120. The van der Waals surface area contributed by atoms with Crippen molar-refractivity contribution >= 4 is 34.8 Å². The van der Waals surface area contributed by atoms with E-state index in [9.17, 15) is 9.59 Å². The third-order valence-electron chi connectivity index (χ3n) is 3.07. The summed E-state index contributed by atoms with van der Waals surface area (Å²) >= 11 is 5.96. The van der Waals surface area contributed by atoms with Gasteiger partial charge in [-0.15, -0.1) is 11.6 Å².